The van der Waals surface area contributed by atoms with Crippen molar-refractivity contribution in [3.63, 3.8) is 0 Å². The van der Waals surface area contributed by atoms with Gasteiger partial charge in [0, 0.05) is 12.0 Å². The molecule has 0 saturated heterocycles. The Bertz CT molecular complexity index is 234. The van der Waals surface area contributed by atoms with Crippen LogP contribution in [0.2, 0.25) is 0 Å². The third kappa shape index (κ3) is 6.40. The van der Waals surface area contributed by atoms with Crippen LogP contribution in [0.25, 0.3) is 0 Å². The lowest BCUT2D eigenvalue weighted by Crippen LogP contribution is -2.41. The molecule has 0 aliphatic rings. The summed E-state index contributed by atoms with van der Waals surface area (Å²) in [5.41, 5.74) is 4.93. The van der Waals surface area contributed by atoms with Crippen molar-refractivity contribution in [2.45, 2.75) is 46.6 Å². The lowest BCUT2D eigenvalue weighted by atomic mass is 9.89. The van der Waals surface area contributed by atoms with Crippen LogP contribution in [0, 0.1) is 5.41 Å². The van der Waals surface area contributed by atoms with Crippen molar-refractivity contribution in [2.75, 3.05) is 19.6 Å². The summed E-state index contributed by atoms with van der Waals surface area (Å²) in [5, 5.41) is 9.77. The molecule has 0 radical (unpaired) electrons. The molecular formula is C12H26N2OS. The molecule has 0 saturated carbocycles. The molecule has 16 heavy (non-hydrogen) atoms. The minimum Gasteiger partial charge on any atom is -0.393 e. The summed E-state index contributed by atoms with van der Waals surface area (Å²) in [5.74, 6) is 0. The zero-order valence-corrected chi connectivity index (χ0v) is 12.0. The maximum absolute atomic E-state index is 9.77. The molecule has 0 spiro atoms. The van der Waals surface area contributed by atoms with Crippen molar-refractivity contribution < 1.29 is 5.11 Å². The Morgan fingerprint density at radius 1 is 1.31 bits per heavy atom. The van der Waals surface area contributed by atoms with Gasteiger partial charge in [0.1, 0.15) is 0 Å². The predicted molar refractivity (Wildman–Crippen MR) is 73.6 cm³/mol. The van der Waals surface area contributed by atoms with Gasteiger partial charge < -0.3 is 15.7 Å². The van der Waals surface area contributed by atoms with Crippen molar-refractivity contribution in [2.24, 2.45) is 11.1 Å². The van der Waals surface area contributed by atoms with Crippen LogP contribution in [-0.4, -0.2) is 40.2 Å². The monoisotopic (exact) mass is 246 g/mol. The Hall–Kier alpha value is -0.190. The molecule has 0 bridgehead atoms. The van der Waals surface area contributed by atoms with Crippen LogP contribution < -0.4 is 5.73 Å². The summed E-state index contributed by atoms with van der Waals surface area (Å²) in [7, 11) is 0. The molecule has 0 aliphatic heterocycles. The highest BCUT2D eigenvalue weighted by molar-refractivity contribution is 7.80. The quantitative estimate of drug-likeness (QED) is 0.672. The summed E-state index contributed by atoms with van der Waals surface area (Å²) in [6.45, 7) is 12.4. The molecule has 0 heterocycles. The van der Waals surface area contributed by atoms with Crippen LogP contribution in [0.3, 0.4) is 0 Å². The number of nitrogens with zero attached hydrogens (tertiary/aromatic N) is 1. The third-order valence-corrected chi connectivity index (χ3v) is 3.33. The second kappa shape index (κ2) is 5.94. The van der Waals surface area contributed by atoms with Gasteiger partial charge in [-0.05, 0) is 33.4 Å². The smallest absolute Gasteiger partial charge is 0.0784 e. The van der Waals surface area contributed by atoms with E-state index in [2.05, 4.69) is 25.7 Å². The maximum Gasteiger partial charge on any atom is 0.0784 e. The lowest BCUT2D eigenvalue weighted by molar-refractivity contribution is 0.0357. The third-order valence-electron chi connectivity index (χ3n) is 2.78. The van der Waals surface area contributed by atoms with Crippen molar-refractivity contribution >= 4 is 17.2 Å². The van der Waals surface area contributed by atoms with E-state index in [-0.39, 0.29) is 5.41 Å². The van der Waals surface area contributed by atoms with E-state index in [9.17, 15) is 5.11 Å². The van der Waals surface area contributed by atoms with Crippen molar-refractivity contribution in [1.82, 2.24) is 4.90 Å². The zero-order chi connectivity index (χ0) is 13.0. The fourth-order valence-electron chi connectivity index (χ4n) is 1.46. The van der Waals surface area contributed by atoms with Crippen LogP contribution >= 0.6 is 12.2 Å². The van der Waals surface area contributed by atoms with Crippen LogP contribution in [0.5, 0.6) is 0 Å². The van der Waals surface area contributed by atoms with Gasteiger partial charge in [-0.3, -0.25) is 0 Å². The highest BCUT2D eigenvalue weighted by Crippen LogP contribution is 2.21. The molecule has 0 rings (SSSR count). The van der Waals surface area contributed by atoms with E-state index in [4.69, 9.17) is 18.0 Å². The number of hydrogen-bond acceptors (Lipinski definition) is 3. The van der Waals surface area contributed by atoms with E-state index < -0.39 is 5.60 Å². The Morgan fingerprint density at radius 2 is 1.81 bits per heavy atom. The SMILES string of the molecule is CCN(CCC(C)(C)C(N)=S)CC(C)(C)O. The fraction of sp³-hybridized carbons (Fsp3) is 0.917. The van der Waals surface area contributed by atoms with E-state index in [1.165, 1.54) is 0 Å². The predicted octanol–water partition coefficient (Wildman–Crippen LogP) is 1.78. The van der Waals surface area contributed by atoms with Crippen molar-refractivity contribution in [3.05, 3.63) is 0 Å². The molecule has 0 atom stereocenters. The number of hydrogen-bond donors (Lipinski definition) is 2. The molecular weight excluding hydrogens is 220 g/mol. The first-order valence-corrected chi connectivity index (χ1v) is 6.24. The first-order valence-electron chi connectivity index (χ1n) is 5.83. The molecule has 0 aromatic rings. The van der Waals surface area contributed by atoms with Crippen LogP contribution in [-0.2, 0) is 0 Å². The minimum atomic E-state index is -0.649. The number of likely N-dealkylation sites (N-methyl/N-ethyl adjacent to an activating group) is 1. The fourth-order valence-corrected chi connectivity index (χ4v) is 1.56. The van der Waals surface area contributed by atoms with Gasteiger partial charge in [0.25, 0.3) is 0 Å². The summed E-state index contributed by atoms with van der Waals surface area (Å²) in [6.07, 6.45) is 0.923. The molecule has 0 amide bonds. The summed E-state index contributed by atoms with van der Waals surface area (Å²) in [6, 6.07) is 0. The van der Waals surface area contributed by atoms with Gasteiger partial charge in [-0.15, -0.1) is 0 Å². The van der Waals surface area contributed by atoms with Gasteiger partial charge >= 0.3 is 0 Å². The Labute approximate surface area is 105 Å². The highest BCUT2D eigenvalue weighted by atomic mass is 32.1. The van der Waals surface area contributed by atoms with Gasteiger partial charge in [-0.2, -0.15) is 0 Å². The van der Waals surface area contributed by atoms with Gasteiger partial charge in [-0.1, -0.05) is 33.0 Å². The van der Waals surface area contributed by atoms with Crippen molar-refractivity contribution in [1.29, 1.82) is 0 Å². The second-order valence-corrected chi connectivity index (χ2v) is 6.12. The van der Waals surface area contributed by atoms with Gasteiger partial charge in [-0.25, -0.2) is 0 Å². The second-order valence-electron chi connectivity index (χ2n) is 5.68. The van der Waals surface area contributed by atoms with Crippen LogP contribution in [0.4, 0.5) is 0 Å². The molecule has 0 aliphatic carbocycles. The summed E-state index contributed by atoms with van der Waals surface area (Å²) < 4.78 is 0. The summed E-state index contributed by atoms with van der Waals surface area (Å²) in [4.78, 5) is 2.78. The molecule has 96 valence electrons. The van der Waals surface area contributed by atoms with Crippen LogP contribution in [0.1, 0.15) is 41.0 Å². The lowest BCUT2D eigenvalue weighted by Gasteiger charge is -2.31. The molecule has 0 aromatic heterocycles. The van der Waals surface area contributed by atoms with E-state index in [1.54, 1.807) is 0 Å². The number of nitrogens with two attached hydrogens (primary N) is 1. The van der Waals surface area contributed by atoms with Crippen molar-refractivity contribution in [3.8, 4) is 0 Å². The van der Waals surface area contributed by atoms with E-state index in [0.717, 1.165) is 19.5 Å². The first kappa shape index (κ1) is 15.8. The molecule has 4 heteroatoms. The number of thiocarbonyl (C=S) groups is 1. The highest BCUT2D eigenvalue weighted by Gasteiger charge is 2.23. The Kier molecular flexibility index (Phi) is 5.87. The Balaban J connectivity index is 4.21. The standard InChI is InChI=1S/C12H26N2OS/c1-6-14(9-12(4,5)15)8-7-11(2,3)10(13)16/h15H,6-9H2,1-5H3,(H2,13,16). The zero-order valence-electron chi connectivity index (χ0n) is 11.2. The number of rotatable bonds is 7. The van der Waals surface area contributed by atoms with E-state index in [0.29, 0.717) is 11.5 Å². The van der Waals surface area contributed by atoms with E-state index in [1.807, 2.05) is 13.8 Å². The molecule has 3 N–H and O–H groups in total. The molecule has 0 aromatic carbocycles. The largest absolute Gasteiger partial charge is 0.393 e. The molecule has 3 nitrogen and oxygen atoms in total. The Morgan fingerprint density at radius 3 is 2.12 bits per heavy atom. The van der Waals surface area contributed by atoms with Crippen LogP contribution in [0.15, 0.2) is 0 Å². The minimum absolute atomic E-state index is 0.109. The first-order chi connectivity index (χ1) is 7.08. The average molecular weight is 246 g/mol. The average Bonchev–Trinajstić information content (AvgIpc) is 2.10. The maximum atomic E-state index is 9.77. The molecule has 0 unspecified atom stereocenters. The van der Waals surface area contributed by atoms with E-state index >= 15 is 0 Å². The van der Waals surface area contributed by atoms with Gasteiger partial charge in [0.15, 0.2) is 0 Å². The summed E-state index contributed by atoms with van der Waals surface area (Å²) >= 11 is 5.04. The topological polar surface area (TPSA) is 49.5 Å². The van der Waals surface area contributed by atoms with Gasteiger partial charge in [0.2, 0.25) is 0 Å². The number of aliphatic hydroxyl groups is 1. The molecule has 0 fully saturated rings. The normalized spacial score (nSPS) is 13.2. The van der Waals surface area contributed by atoms with Gasteiger partial charge in [0.05, 0.1) is 10.6 Å².